The van der Waals surface area contributed by atoms with Crippen LogP contribution in [0.3, 0.4) is 0 Å². The average Bonchev–Trinajstić information content (AvgIpc) is 3.06. The van der Waals surface area contributed by atoms with Gasteiger partial charge in [-0.1, -0.05) is 19.9 Å². The Morgan fingerprint density at radius 1 is 1.43 bits per heavy atom. The quantitative estimate of drug-likeness (QED) is 0.916. The molecule has 0 amide bonds. The van der Waals surface area contributed by atoms with Crippen LogP contribution in [0.2, 0.25) is 0 Å². The summed E-state index contributed by atoms with van der Waals surface area (Å²) in [6.07, 6.45) is 2.53. The lowest BCUT2D eigenvalue weighted by Gasteiger charge is -2.26. The van der Waals surface area contributed by atoms with Crippen LogP contribution in [-0.4, -0.2) is 40.3 Å². The van der Waals surface area contributed by atoms with Crippen molar-refractivity contribution >= 4 is 11.6 Å². The number of fused-ring (bicyclic) bond motifs is 1. The Morgan fingerprint density at radius 3 is 2.95 bits per heavy atom. The molecular weight excluding hydrogens is 262 g/mol. The highest BCUT2D eigenvalue weighted by Crippen LogP contribution is 2.16. The summed E-state index contributed by atoms with van der Waals surface area (Å²) in [5.74, 6) is 1.45. The Balaban J connectivity index is 1.87. The van der Waals surface area contributed by atoms with Gasteiger partial charge in [-0.2, -0.15) is 4.98 Å². The normalized spacial score (nSPS) is 18.8. The van der Waals surface area contributed by atoms with Gasteiger partial charge in [-0.3, -0.25) is 0 Å². The van der Waals surface area contributed by atoms with Crippen LogP contribution in [0.15, 0.2) is 18.2 Å². The lowest BCUT2D eigenvalue weighted by atomic mass is 10.1. The van der Waals surface area contributed by atoms with E-state index in [0.717, 1.165) is 36.9 Å². The molecule has 5 nitrogen and oxygen atoms in total. The predicted octanol–water partition coefficient (Wildman–Crippen LogP) is 2.25. The van der Waals surface area contributed by atoms with Crippen molar-refractivity contribution in [2.24, 2.45) is 5.92 Å². The molecule has 3 heterocycles. The van der Waals surface area contributed by atoms with Gasteiger partial charge in [-0.25, -0.2) is 4.52 Å². The molecule has 0 aromatic carbocycles. The van der Waals surface area contributed by atoms with Crippen LogP contribution in [0.25, 0.3) is 5.65 Å². The van der Waals surface area contributed by atoms with Crippen LogP contribution in [-0.2, 0) is 0 Å². The molecule has 1 N–H and O–H groups in total. The Labute approximate surface area is 126 Å². The molecule has 1 atom stereocenters. The van der Waals surface area contributed by atoms with E-state index >= 15 is 0 Å². The minimum atomic E-state index is 0.566. The maximum atomic E-state index is 4.72. The van der Waals surface area contributed by atoms with Crippen molar-refractivity contribution < 1.29 is 0 Å². The van der Waals surface area contributed by atoms with Crippen LogP contribution in [0, 0.1) is 12.8 Å². The lowest BCUT2D eigenvalue weighted by Crippen LogP contribution is -2.40. The van der Waals surface area contributed by atoms with E-state index in [-0.39, 0.29) is 0 Å². The smallest absolute Gasteiger partial charge is 0.245 e. The van der Waals surface area contributed by atoms with Gasteiger partial charge in [-0.15, -0.1) is 5.10 Å². The fourth-order valence-corrected chi connectivity index (χ4v) is 3.02. The number of rotatable bonds is 5. The highest BCUT2D eigenvalue weighted by Gasteiger charge is 2.21. The van der Waals surface area contributed by atoms with Crippen molar-refractivity contribution in [1.82, 2.24) is 19.9 Å². The van der Waals surface area contributed by atoms with Crippen LogP contribution in [0.4, 0.5) is 5.95 Å². The zero-order valence-electron chi connectivity index (χ0n) is 13.2. The molecular formula is C16H25N5. The Hall–Kier alpha value is -1.62. The number of aryl methyl sites for hydroxylation is 1. The van der Waals surface area contributed by atoms with E-state index in [1.54, 1.807) is 0 Å². The molecule has 5 heteroatoms. The van der Waals surface area contributed by atoms with E-state index in [9.17, 15) is 0 Å². The molecule has 2 aromatic rings. The summed E-state index contributed by atoms with van der Waals surface area (Å²) in [7, 11) is 0. The highest BCUT2D eigenvalue weighted by atomic mass is 15.4. The third kappa shape index (κ3) is 3.18. The van der Waals surface area contributed by atoms with Gasteiger partial charge in [0.1, 0.15) is 0 Å². The number of nitrogens with zero attached hydrogens (tertiary/aromatic N) is 4. The maximum Gasteiger partial charge on any atom is 0.245 e. The van der Waals surface area contributed by atoms with Gasteiger partial charge in [0.15, 0.2) is 5.65 Å². The first-order valence-electron chi connectivity index (χ1n) is 7.94. The SMILES string of the molecule is Cc1cccc2nc(N(CC(C)C)CC3CCCN3)nn12. The summed E-state index contributed by atoms with van der Waals surface area (Å²) in [5.41, 5.74) is 2.05. The zero-order chi connectivity index (χ0) is 14.8. The van der Waals surface area contributed by atoms with Crippen LogP contribution in [0.5, 0.6) is 0 Å². The molecule has 0 saturated carbocycles. The summed E-state index contributed by atoms with van der Waals surface area (Å²) in [6, 6.07) is 6.69. The topological polar surface area (TPSA) is 45.5 Å². The first-order chi connectivity index (χ1) is 10.1. The first-order valence-corrected chi connectivity index (χ1v) is 7.94. The fourth-order valence-electron chi connectivity index (χ4n) is 3.02. The zero-order valence-corrected chi connectivity index (χ0v) is 13.2. The summed E-state index contributed by atoms with van der Waals surface area (Å²) in [6.45, 7) is 9.68. The van der Waals surface area contributed by atoms with Crippen molar-refractivity contribution in [2.75, 3.05) is 24.5 Å². The Kier molecular flexibility index (Phi) is 4.10. The third-order valence-electron chi connectivity index (χ3n) is 4.01. The van der Waals surface area contributed by atoms with Gasteiger partial charge < -0.3 is 10.2 Å². The highest BCUT2D eigenvalue weighted by molar-refractivity contribution is 5.45. The van der Waals surface area contributed by atoms with E-state index in [1.165, 1.54) is 12.8 Å². The van der Waals surface area contributed by atoms with Crippen LogP contribution >= 0.6 is 0 Å². The van der Waals surface area contributed by atoms with Gasteiger partial charge in [-0.05, 0) is 44.4 Å². The second kappa shape index (κ2) is 6.02. The van der Waals surface area contributed by atoms with Gasteiger partial charge in [0, 0.05) is 24.8 Å². The van der Waals surface area contributed by atoms with Crippen molar-refractivity contribution in [3.63, 3.8) is 0 Å². The molecule has 1 aliphatic rings. The van der Waals surface area contributed by atoms with Crippen LogP contribution < -0.4 is 10.2 Å². The van der Waals surface area contributed by atoms with Crippen molar-refractivity contribution in [1.29, 1.82) is 0 Å². The van der Waals surface area contributed by atoms with Gasteiger partial charge in [0.2, 0.25) is 5.95 Å². The molecule has 1 aliphatic heterocycles. The van der Waals surface area contributed by atoms with Crippen LogP contribution in [0.1, 0.15) is 32.4 Å². The second-order valence-electron chi connectivity index (χ2n) is 6.44. The summed E-state index contributed by atoms with van der Waals surface area (Å²) in [5, 5.41) is 8.28. The predicted molar refractivity (Wildman–Crippen MR) is 85.8 cm³/mol. The molecule has 1 fully saturated rings. The number of nitrogens with one attached hydrogen (secondary N) is 1. The Bertz CT molecular complexity index is 598. The van der Waals surface area contributed by atoms with Gasteiger partial charge in [0.05, 0.1) is 0 Å². The largest absolute Gasteiger partial charge is 0.338 e. The summed E-state index contributed by atoms with van der Waals surface area (Å²) < 4.78 is 1.94. The molecule has 21 heavy (non-hydrogen) atoms. The van der Waals surface area contributed by atoms with E-state index in [1.807, 2.05) is 16.6 Å². The van der Waals surface area contributed by atoms with E-state index in [0.29, 0.717) is 12.0 Å². The van der Waals surface area contributed by atoms with Crippen molar-refractivity contribution in [3.05, 3.63) is 23.9 Å². The summed E-state index contributed by atoms with van der Waals surface area (Å²) in [4.78, 5) is 7.05. The molecule has 0 bridgehead atoms. The molecule has 3 rings (SSSR count). The minimum Gasteiger partial charge on any atom is -0.338 e. The number of anilines is 1. The monoisotopic (exact) mass is 287 g/mol. The molecule has 1 unspecified atom stereocenters. The van der Waals surface area contributed by atoms with Gasteiger partial charge >= 0.3 is 0 Å². The first kappa shape index (κ1) is 14.3. The standard InChI is InChI=1S/C16H25N5/c1-12(2)10-20(11-14-7-5-9-17-14)16-18-15-8-4-6-13(3)21(15)19-16/h4,6,8,12,14,17H,5,7,9-11H2,1-3H3. The molecule has 2 aromatic heterocycles. The second-order valence-corrected chi connectivity index (χ2v) is 6.44. The number of hydrogen-bond acceptors (Lipinski definition) is 4. The molecule has 0 aliphatic carbocycles. The number of aromatic nitrogens is 3. The average molecular weight is 287 g/mol. The molecule has 1 saturated heterocycles. The summed E-state index contributed by atoms with van der Waals surface area (Å²) >= 11 is 0. The van der Waals surface area contributed by atoms with E-state index in [4.69, 9.17) is 10.1 Å². The molecule has 0 spiro atoms. The lowest BCUT2D eigenvalue weighted by molar-refractivity contribution is 0.533. The van der Waals surface area contributed by atoms with Crippen molar-refractivity contribution in [2.45, 2.75) is 39.7 Å². The minimum absolute atomic E-state index is 0.566. The van der Waals surface area contributed by atoms with E-state index in [2.05, 4.69) is 37.1 Å². The van der Waals surface area contributed by atoms with Crippen molar-refractivity contribution in [3.8, 4) is 0 Å². The number of hydrogen-bond donors (Lipinski definition) is 1. The maximum absolute atomic E-state index is 4.72. The number of pyridine rings is 1. The van der Waals surface area contributed by atoms with Gasteiger partial charge in [0.25, 0.3) is 0 Å². The fraction of sp³-hybridized carbons (Fsp3) is 0.625. The van der Waals surface area contributed by atoms with E-state index < -0.39 is 0 Å². The molecule has 0 radical (unpaired) electrons. The third-order valence-corrected chi connectivity index (χ3v) is 4.01. The molecule has 114 valence electrons. The Morgan fingerprint density at radius 2 is 2.29 bits per heavy atom.